The first kappa shape index (κ1) is 31.2. The van der Waals surface area contributed by atoms with E-state index in [4.69, 9.17) is 0 Å². The Morgan fingerprint density at radius 1 is 0.571 bits per heavy atom. The van der Waals surface area contributed by atoms with E-state index in [-0.39, 0.29) is 0 Å². The lowest BCUT2D eigenvalue weighted by Gasteiger charge is -2.41. The number of hydrogen-bond donors (Lipinski definition) is 1. The van der Waals surface area contributed by atoms with Gasteiger partial charge in [-0.3, -0.25) is 0 Å². The topological polar surface area (TPSA) is 20.2 Å². The molecule has 1 atom stereocenters. The van der Waals surface area contributed by atoms with Crippen molar-refractivity contribution in [2.75, 3.05) is 0 Å². The SMILES string of the molecule is CC(C)(C)c1ccc(C(O)CC(F)(F)C(F)(F)C(F)(F)C(F)(F)C(F)(F)C(F)(F)C(F)(F)F)cc1. The normalized spacial score (nSPS) is 16.4. The zero-order chi connectivity index (χ0) is 28.3. The summed E-state index contributed by atoms with van der Waals surface area (Å²) in [7, 11) is 0. The van der Waals surface area contributed by atoms with E-state index in [1.54, 1.807) is 20.8 Å². The number of benzene rings is 1. The predicted octanol–water partition coefficient (Wildman–Crippen LogP) is 7.78. The quantitative estimate of drug-likeness (QED) is 0.330. The number of hydrogen-bond acceptors (Lipinski definition) is 1. The first-order chi connectivity index (χ1) is 15.1. The van der Waals surface area contributed by atoms with E-state index < -0.39 is 65.2 Å². The van der Waals surface area contributed by atoms with Crippen LogP contribution in [0.1, 0.15) is 44.4 Å². The van der Waals surface area contributed by atoms with E-state index in [9.17, 15) is 71.0 Å². The van der Waals surface area contributed by atoms with Gasteiger partial charge in [0.15, 0.2) is 0 Å². The summed E-state index contributed by atoms with van der Waals surface area (Å²) < 4.78 is 198. The first-order valence-corrected chi connectivity index (χ1v) is 9.21. The van der Waals surface area contributed by atoms with Gasteiger partial charge in [0, 0.05) is 6.42 Å². The van der Waals surface area contributed by atoms with E-state index in [0.717, 1.165) is 12.1 Å². The van der Waals surface area contributed by atoms with Crippen LogP contribution in [0.15, 0.2) is 24.3 Å². The van der Waals surface area contributed by atoms with Crippen molar-refractivity contribution in [1.29, 1.82) is 0 Å². The van der Waals surface area contributed by atoms with Gasteiger partial charge in [0.25, 0.3) is 0 Å². The van der Waals surface area contributed by atoms with Gasteiger partial charge in [-0.2, -0.15) is 65.9 Å². The van der Waals surface area contributed by atoms with E-state index in [1.165, 1.54) is 12.1 Å². The highest BCUT2D eigenvalue weighted by Gasteiger charge is 2.93. The Labute approximate surface area is 187 Å². The molecule has 0 aliphatic rings. The Morgan fingerprint density at radius 2 is 0.914 bits per heavy atom. The van der Waals surface area contributed by atoms with Crippen LogP contribution in [0.2, 0.25) is 0 Å². The molecule has 1 N–H and O–H groups in total. The standard InChI is InChI=1S/C19H17F15O/c1-12(2,3)10-6-4-9(5-7-10)11(35)8-13(20,21)14(22,23)15(24,25)16(26,27)17(28,29)18(30,31)19(32,33)34/h4-7,11,35H,8H2,1-3H3. The van der Waals surface area contributed by atoms with Crippen molar-refractivity contribution in [3.63, 3.8) is 0 Å². The number of rotatable bonds is 8. The number of aliphatic hydroxyl groups excluding tert-OH is 1. The van der Waals surface area contributed by atoms with Gasteiger partial charge < -0.3 is 5.11 Å². The number of halogens is 15. The molecule has 0 amide bonds. The molecule has 1 rings (SSSR count). The minimum atomic E-state index is -8.34. The molecule has 16 heteroatoms. The fraction of sp³-hybridized carbons (Fsp3) is 0.684. The van der Waals surface area contributed by atoms with Crippen molar-refractivity contribution in [3.05, 3.63) is 35.4 Å². The van der Waals surface area contributed by atoms with Crippen molar-refractivity contribution in [2.24, 2.45) is 0 Å². The van der Waals surface area contributed by atoms with E-state index in [0.29, 0.717) is 5.56 Å². The van der Waals surface area contributed by atoms with E-state index in [1.807, 2.05) is 0 Å². The largest absolute Gasteiger partial charge is 0.460 e. The van der Waals surface area contributed by atoms with Crippen molar-refractivity contribution < 1.29 is 71.0 Å². The molecular formula is C19H17F15O. The van der Waals surface area contributed by atoms with Gasteiger partial charge in [-0.05, 0) is 16.5 Å². The third-order valence-electron chi connectivity index (χ3n) is 5.00. The van der Waals surface area contributed by atoms with Gasteiger partial charge in [0.05, 0.1) is 6.10 Å². The Morgan fingerprint density at radius 3 is 1.26 bits per heavy atom. The summed E-state index contributed by atoms with van der Waals surface area (Å²) in [4.78, 5) is 0. The van der Waals surface area contributed by atoms with E-state index in [2.05, 4.69) is 0 Å². The van der Waals surface area contributed by atoms with Crippen LogP contribution in [0.5, 0.6) is 0 Å². The average Bonchev–Trinajstić information content (AvgIpc) is 2.65. The monoisotopic (exact) mass is 546 g/mol. The summed E-state index contributed by atoms with van der Waals surface area (Å²) in [6.45, 7) is 5.02. The van der Waals surface area contributed by atoms with Crippen LogP contribution < -0.4 is 0 Å². The molecule has 0 spiro atoms. The third-order valence-corrected chi connectivity index (χ3v) is 5.00. The Bertz CT molecular complexity index is 879. The molecule has 0 bridgehead atoms. The lowest BCUT2D eigenvalue weighted by Crippen LogP contribution is -2.72. The summed E-state index contributed by atoms with van der Waals surface area (Å²) in [5, 5.41) is 9.71. The van der Waals surface area contributed by atoms with Crippen molar-refractivity contribution >= 4 is 0 Å². The van der Waals surface area contributed by atoms with Crippen LogP contribution in [0, 0.1) is 0 Å². The Hall–Kier alpha value is -1.87. The molecule has 0 saturated heterocycles. The second-order valence-corrected chi connectivity index (χ2v) is 8.67. The van der Waals surface area contributed by atoms with Gasteiger partial charge in [0.2, 0.25) is 0 Å². The molecule has 0 aromatic heterocycles. The fourth-order valence-corrected chi connectivity index (χ4v) is 2.69. The Kier molecular flexibility index (Phi) is 7.67. The lowest BCUT2D eigenvalue weighted by atomic mass is 9.85. The molecule has 1 aromatic carbocycles. The van der Waals surface area contributed by atoms with Crippen molar-refractivity contribution in [1.82, 2.24) is 0 Å². The smallest absolute Gasteiger partial charge is 0.388 e. The summed E-state index contributed by atoms with van der Waals surface area (Å²) in [5.74, 6) is -47.0. The highest BCUT2D eigenvalue weighted by atomic mass is 19.4. The highest BCUT2D eigenvalue weighted by Crippen LogP contribution is 2.63. The maximum atomic E-state index is 14.0. The van der Waals surface area contributed by atoms with Crippen LogP contribution in [0.3, 0.4) is 0 Å². The van der Waals surface area contributed by atoms with Gasteiger partial charge >= 0.3 is 41.7 Å². The van der Waals surface area contributed by atoms with Gasteiger partial charge in [-0.25, -0.2) is 0 Å². The molecule has 35 heavy (non-hydrogen) atoms. The molecule has 1 unspecified atom stereocenters. The summed E-state index contributed by atoms with van der Waals surface area (Å²) in [6.07, 6.45) is -13.3. The van der Waals surface area contributed by atoms with Crippen LogP contribution in [0.4, 0.5) is 65.9 Å². The van der Waals surface area contributed by atoms with Crippen LogP contribution in [0.25, 0.3) is 0 Å². The minimum absolute atomic E-state index is 0.504. The van der Waals surface area contributed by atoms with Crippen LogP contribution >= 0.6 is 0 Å². The molecule has 0 saturated carbocycles. The van der Waals surface area contributed by atoms with E-state index >= 15 is 0 Å². The van der Waals surface area contributed by atoms with Crippen molar-refractivity contribution in [3.8, 4) is 0 Å². The lowest BCUT2D eigenvalue weighted by molar-refractivity contribution is -0.453. The zero-order valence-corrected chi connectivity index (χ0v) is 17.7. The second-order valence-electron chi connectivity index (χ2n) is 8.67. The zero-order valence-electron chi connectivity index (χ0n) is 17.7. The van der Waals surface area contributed by atoms with Crippen LogP contribution in [-0.4, -0.2) is 46.8 Å². The summed E-state index contributed by atoms with van der Waals surface area (Å²) in [6, 6.07) is 4.11. The fourth-order valence-electron chi connectivity index (χ4n) is 2.69. The van der Waals surface area contributed by atoms with Gasteiger partial charge in [0.1, 0.15) is 0 Å². The average molecular weight is 546 g/mol. The maximum Gasteiger partial charge on any atom is 0.460 e. The Balaban J connectivity index is 3.40. The first-order valence-electron chi connectivity index (χ1n) is 9.21. The van der Waals surface area contributed by atoms with Gasteiger partial charge in [-0.15, -0.1) is 0 Å². The van der Waals surface area contributed by atoms with Crippen LogP contribution in [-0.2, 0) is 5.41 Å². The molecule has 0 aliphatic carbocycles. The molecule has 0 fully saturated rings. The predicted molar refractivity (Wildman–Crippen MR) is 90.5 cm³/mol. The third kappa shape index (κ3) is 4.90. The molecule has 1 aromatic rings. The minimum Gasteiger partial charge on any atom is -0.388 e. The molecule has 204 valence electrons. The molecule has 0 aliphatic heterocycles. The maximum absolute atomic E-state index is 14.0. The molecule has 0 radical (unpaired) electrons. The molecule has 0 heterocycles. The second kappa shape index (κ2) is 8.61. The number of alkyl halides is 15. The highest BCUT2D eigenvalue weighted by molar-refractivity contribution is 5.29. The molecular weight excluding hydrogens is 529 g/mol. The molecule has 1 nitrogen and oxygen atoms in total. The summed E-state index contributed by atoms with van der Waals surface area (Å²) >= 11 is 0. The van der Waals surface area contributed by atoms with Crippen molar-refractivity contribution in [2.45, 2.75) is 80.4 Å². The number of aliphatic hydroxyl groups is 1. The summed E-state index contributed by atoms with van der Waals surface area (Å²) in [5.41, 5.74) is -0.681. The van der Waals surface area contributed by atoms with Gasteiger partial charge in [-0.1, -0.05) is 45.0 Å².